The number of sulfonamides is 1. The van der Waals surface area contributed by atoms with Crippen molar-refractivity contribution in [2.45, 2.75) is 44.7 Å². The molecule has 1 aliphatic carbocycles. The lowest BCUT2D eigenvalue weighted by atomic mass is 9.99. The molecule has 1 heterocycles. The summed E-state index contributed by atoms with van der Waals surface area (Å²) in [6.45, 7) is 2.43. The van der Waals surface area contributed by atoms with Crippen LogP contribution in [0.1, 0.15) is 44.3 Å². The van der Waals surface area contributed by atoms with Crippen molar-refractivity contribution in [3.8, 4) is 0 Å². The van der Waals surface area contributed by atoms with E-state index in [-0.39, 0.29) is 24.8 Å². The lowest BCUT2D eigenvalue weighted by Gasteiger charge is -2.17. The Balaban J connectivity index is 1.88. The summed E-state index contributed by atoms with van der Waals surface area (Å²) in [5, 5.41) is 3.88. The molecule has 1 saturated carbocycles. The lowest BCUT2D eigenvalue weighted by molar-refractivity contribution is 0.163. The zero-order chi connectivity index (χ0) is 15.3. The molecule has 8 nitrogen and oxygen atoms in total. The quantitative estimate of drug-likeness (QED) is 0.659. The number of hydrogen-bond acceptors (Lipinski definition) is 7. The van der Waals surface area contributed by atoms with Crippen LogP contribution in [-0.2, 0) is 26.8 Å². The van der Waals surface area contributed by atoms with Crippen molar-refractivity contribution in [3.63, 3.8) is 0 Å². The van der Waals surface area contributed by atoms with E-state index in [2.05, 4.69) is 14.9 Å². The Kier molecular flexibility index (Phi) is 5.31. The highest BCUT2D eigenvalue weighted by atomic mass is 32.2. The van der Waals surface area contributed by atoms with Gasteiger partial charge in [0.1, 0.15) is 0 Å². The summed E-state index contributed by atoms with van der Waals surface area (Å²) >= 11 is 0. The zero-order valence-corrected chi connectivity index (χ0v) is 13.0. The van der Waals surface area contributed by atoms with Gasteiger partial charge >= 0.3 is 0 Å². The molecule has 21 heavy (non-hydrogen) atoms. The average molecular weight is 318 g/mol. The second-order valence-corrected chi connectivity index (χ2v) is 7.14. The van der Waals surface area contributed by atoms with E-state index < -0.39 is 15.6 Å². The SMILES string of the molecule is CCOCCS(=O)(=O)NCc1nc(C2(N)CCCC2)no1. The maximum Gasteiger partial charge on any atom is 0.241 e. The standard InChI is InChI=1S/C12H22N4O4S/c1-2-19-7-8-21(17,18)14-9-10-15-11(16-20-10)12(13)5-3-4-6-12/h14H,2-9,13H2,1H3. The van der Waals surface area contributed by atoms with Crippen LogP contribution in [0.3, 0.4) is 0 Å². The van der Waals surface area contributed by atoms with Crippen LogP contribution >= 0.6 is 0 Å². The van der Waals surface area contributed by atoms with Crippen LogP contribution in [0.15, 0.2) is 4.52 Å². The summed E-state index contributed by atoms with van der Waals surface area (Å²) in [6.07, 6.45) is 3.74. The highest BCUT2D eigenvalue weighted by Crippen LogP contribution is 2.34. The van der Waals surface area contributed by atoms with Crippen LogP contribution in [0.5, 0.6) is 0 Å². The summed E-state index contributed by atoms with van der Waals surface area (Å²) in [5.74, 6) is 0.591. The first-order chi connectivity index (χ1) is 9.95. The molecule has 0 amide bonds. The second kappa shape index (κ2) is 6.82. The highest BCUT2D eigenvalue weighted by Gasteiger charge is 2.35. The molecule has 0 spiro atoms. The molecule has 0 unspecified atom stereocenters. The zero-order valence-electron chi connectivity index (χ0n) is 12.2. The number of rotatable bonds is 8. The third-order valence-electron chi connectivity index (χ3n) is 3.55. The van der Waals surface area contributed by atoms with Gasteiger partial charge in [0.15, 0.2) is 5.82 Å². The number of aromatic nitrogens is 2. The molecule has 1 aromatic rings. The predicted octanol–water partition coefficient (Wildman–Crippen LogP) is 0.254. The van der Waals surface area contributed by atoms with Crippen LogP contribution < -0.4 is 10.5 Å². The fourth-order valence-corrected chi connectivity index (χ4v) is 3.14. The van der Waals surface area contributed by atoms with Crippen LogP contribution in [0.25, 0.3) is 0 Å². The first kappa shape index (κ1) is 16.3. The Bertz CT molecular complexity index is 551. The number of nitrogens with two attached hydrogens (primary N) is 1. The summed E-state index contributed by atoms with van der Waals surface area (Å²) in [6, 6.07) is 0. The van der Waals surface area contributed by atoms with E-state index in [0.717, 1.165) is 25.7 Å². The van der Waals surface area contributed by atoms with E-state index in [1.807, 2.05) is 6.92 Å². The molecule has 0 radical (unpaired) electrons. The van der Waals surface area contributed by atoms with Crippen LogP contribution in [0.2, 0.25) is 0 Å². The maximum atomic E-state index is 11.7. The number of ether oxygens (including phenoxy) is 1. The van der Waals surface area contributed by atoms with Crippen molar-refractivity contribution in [1.29, 1.82) is 0 Å². The van der Waals surface area contributed by atoms with Crippen molar-refractivity contribution >= 4 is 10.0 Å². The minimum atomic E-state index is -3.41. The molecule has 2 rings (SSSR count). The van der Waals surface area contributed by atoms with Gasteiger partial charge in [0.05, 0.1) is 24.4 Å². The first-order valence-corrected chi connectivity index (χ1v) is 8.77. The van der Waals surface area contributed by atoms with Gasteiger partial charge in [0.25, 0.3) is 0 Å². The summed E-state index contributed by atoms with van der Waals surface area (Å²) in [5.41, 5.74) is 5.68. The molecule has 0 atom stereocenters. The smallest absolute Gasteiger partial charge is 0.241 e. The number of nitrogens with one attached hydrogen (secondary N) is 1. The maximum absolute atomic E-state index is 11.7. The first-order valence-electron chi connectivity index (χ1n) is 7.12. The molecule has 3 N–H and O–H groups in total. The van der Waals surface area contributed by atoms with E-state index in [4.69, 9.17) is 15.0 Å². The summed E-state index contributed by atoms with van der Waals surface area (Å²) < 4.78 is 35.9. The van der Waals surface area contributed by atoms with Crippen molar-refractivity contribution < 1.29 is 17.7 Å². The van der Waals surface area contributed by atoms with Crippen LogP contribution in [0.4, 0.5) is 0 Å². The van der Waals surface area contributed by atoms with Gasteiger partial charge in [-0.2, -0.15) is 4.98 Å². The van der Waals surface area contributed by atoms with E-state index in [1.54, 1.807) is 0 Å². The van der Waals surface area contributed by atoms with Crippen molar-refractivity contribution in [3.05, 3.63) is 11.7 Å². The fourth-order valence-electron chi connectivity index (χ4n) is 2.32. The monoisotopic (exact) mass is 318 g/mol. The molecule has 1 aliphatic rings. The molecule has 0 bridgehead atoms. The fraction of sp³-hybridized carbons (Fsp3) is 0.833. The van der Waals surface area contributed by atoms with Gasteiger partial charge in [-0.05, 0) is 19.8 Å². The predicted molar refractivity (Wildman–Crippen MR) is 75.8 cm³/mol. The Hall–Kier alpha value is -1.03. The molecular weight excluding hydrogens is 296 g/mol. The molecule has 1 aromatic heterocycles. The molecular formula is C12H22N4O4S. The van der Waals surface area contributed by atoms with E-state index in [1.165, 1.54) is 0 Å². The van der Waals surface area contributed by atoms with Gasteiger partial charge in [0, 0.05) is 6.61 Å². The molecule has 0 aliphatic heterocycles. The second-order valence-electron chi connectivity index (χ2n) is 5.21. The van der Waals surface area contributed by atoms with Crippen molar-refractivity contribution in [1.82, 2.24) is 14.9 Å². The van der Waals surface area contributed by atoms with Crippen molar-refractivity contribution in [2.24, 2.45) is 5.73 Å². The van der Waals surface area contributed by atoms with E-state index >= 15 is 0 Å². The Morgan fingerprint density at radius 1 is 1.43 bits per heavy atom. The molecule has 1 fully saturated rings. The topological polar surface area (TPSA) is 120 Å². The van der Waals surface area contributed by atoms with Crippen LogP contribution in [0, 0.1) is 0 Å². The lowest BCUT2D eigenvalue weighted by Crippen LogP contribution is -2.34. The normalized spacial score (nSPS) is 18.2. The molecule has 0 aromatic carbocycles. The number of nitrogens with zero attached hydrogens (tertiary/aromatic N) is 2. The summed E-state index contributed by atoms with van der Waals surface area (Å²) in [7, 11) is -3.41. The largest absolute Gasteiger partial charge is 0.381 e. The van der Waals surface area contributed by atoms with Crippen LogP contribution in [-0.4, -0.2) is 37.5 Å². The van der Waals surface area contributed by atoms with Gasteiger partial charge in [-0.25, -0.2) is 13.1 Å². The van der Waals surface area contributed by atoms with Gasteiger partial charge in [-0.1, -0.05) is 18.0 Å². The average Bonchev–Trinajstić information content (AvgIpc) is 3.06. The minimum Gasteiger partial charge on any atom is -0.381 e. The van der Waals surface area contributed by atoms with Gasteiger partial charge in [0.2, 0.25) is 15.9 Å². The molecule has 9 heteroatoms. The third-order valence-corrected chi connectivity index (χ3v) is 4.84. The Labute approximate surface area is 124 Å². The highest BCUT2D eigenvalue weighted by molar-refractivity contribution is 7.89. The third kappa shape index (κ3) is 4.47. The van der Waals surface area contributed by atoms with Gasteiger partial charge < -0.3 is 15.0 Å². The Morgan fingerprint density at radius 2 is 2.14 bits per heavy atom. The summed E-state index contributed by atoms with van der Waals surface area (Å²) in [4.78, 5) is 4.20. The molecule has 0 saturated heterocycles. The minimum absolute atomic E-state index is 0.0302. The van der Waals surface area contributed by atoms with Gasteiger partial charge in [-0.15, -0.1) is 0 Å². The molecule has 120 valence electrons. The van der Waals surface area contributed by atoms with E-state index in [0.29, 0.717) is 12.4 Å². The van der Waals surface area contributed by atoms with Crippen molar-refractivity contribution in [2.75, 3.05) is 19.0 Å². The van der Waals surface area contributed by atoms with E-state index in [9.17, 15) is 8.42 Å². The Morgan fingerprint density at radius 3 is 2.81 bits per heavy atom. The number of hydrogen-bond donors (Lipinski definition) is 2. The van der Waals surface area contributed by atoms with Gasteiger partial charge in [-0.3, -0.25) is 0 Å².